The number of aryl methyl sites for hydroxylation is 1. The van der Waals surface area contributed by atoms with Crippen molar-refractivity contribution in [2.75, 3.05) is 0 Å². The number of carboxylic acid groups (broad SMARTS) is 1. The first-order valence-corrected chi connectivity index (χ1v) is 7.37. The van der Waals surface area contributed by atoms with Gasteiger partial charge in [0.1, 0.15) is 0 Å². The van der Waals surface area contributed by atoms with Gasteiger partial charge in [-0.2, -0.15) is 0 Å². The van der Waals surface area contributed by atoms with Crippen LogP contribution in [0.5, 0.6) is 0 Å². The van der Waals surface area contributed by atoms with Gasteiger partial charge in [0.25, 0.3) is 0 Å². The molecule has 0 atom stereocenters. The molecule has 0 saturated heterocycles. The average Bonchev–Trinajstić information content (AvgIpc) is 2.72. The number of thioether (sulfide) groups is 1. The number of carboxylic acids is 1. The van der Waals surface area contributed by atoms with Gasteiger partial charge in [0.05, 0.1) is 29.8 Å². The van der Waals surface area contributed by atoms with E-state index in [4.69, 9.17) is 20.4 Å². The molecule has 0 fully saturated rings. The summed E-state index contributed by atoms with van der Waals surface area (Å²) in [7, 11) is 3.90. The van der Waals surface area contributed by atoms with E-state index < -0.39 is 11.1 Å². The van der Waals surface area contributed by atoms with Gasteiger partial charge in [0, 0.05) is 12.7 Å². The number of carbonyl (C=O) groups is 1. The number of hydrogen-bond donors (Lipinski definition) is 1. The molecule has 0 saturated carbocycles. The molecule has 0 amide bonds. The zero-order valence-electron chi connectivity index (χ0n) is 12.8. The molecule has 2 rings (SSSR count). The quantitative estimate of drug-likeness (QED) is 0.385. The van der Waals surface area contributed by atoms with Crippen LogP contribution in [0, 0.1) is 22.2 Å². The van der Waals surface area contributed by atoms with Crippen molar-refractivity contribution in [3.8, 4) is 0 Å². The highest BCUT2D eigenvalue weighted by atomic mass is 32.2. The summed E-state index contributed by atoms with van der Waals surface area (Å²) in [6.45, 7) is 2.01. The average molecular weight is 340 g/mol. The summed E-state index contributed by atoms with van der Waals surface area (Å²) in [4.78, 5) is 19.0. The molecule has 0 unspecified atom stereocenters. The lowest BCUT2D eigenvalue weighted by Gasteiger charge is -1.99. The van der Waals surface area contributed by atoms with E-state index in [0.29, 0.717) is 5.56 Å². The molecule has 1 aromatic carbocycles. The Kier molecular flexibility index (Phi) is 6.51. The Morgan fingerprint density at radius 1 is 1.39 bits per heavy atom. The fourth-order valence-corrected chi connectivity index (χ4v) is 2.63. The highest BCUT2D eigenvalue weighted by Crippen LogP contribution is 2.18. The summed E-state index contributed by atoms with van der Waals surface area (Å²) in [5, 5.41) is 28.9. The molecule has 0 radical (unpaired) electrons. The van der Waals surface area contributed by atoms with Gasteiger partial charge in [0.15, 0.2) is 0 Å². The number of rotatable bonds is 4. The largest absolute Gasteiger partial charge is 0.478 e. The van der Waals surface area contributed by atoms with E-state index in [-0.39, 0.29) is 0 Å². The van der Waals surface area contributed by atoms with Crippen molar-refractivity contribution in [1.82, 2.24) is 9.78 Å². The first-order valence-electron chi connectivity index (χ1n) is 6.38. The van der Waals surface area contributed by atoms with Crippen LogP contribution in [-0.4, -0.2) is 25.9 Å². The molecule has 1 heterocycles. The van der Waals surface area contributed by atoms with Gasteiger partial charge in [-0.15, -0.1) is 4.68 Å². The van der Waals surface area contributed by atoms with Crippen molar-refractivity contribution in [1.29, 1.82) is 0 Å². The molecule has 1 N–H and O–H groups in total. The first-order chi connectivity index (χ1) is 10.7. The van der Waals surface area contributed by atoms with Crippen molar-refractivity contribution >= 4 is 17.7 Å². The second-order valence-corrected chi connectivity index (χ2v) is 5.47. The van der Waals surface area contributed by atoms with Crippen LogP contribution in [0.15, 0.2) is 29.4 Å². The lowest BCUT2D eigenvalue weighted by Crippen LogP contribution is -2.32. The first kappa shape index (κ1) is 18.4. The van der Waals surface area contributed by atoms with Crippen LogP contribution in [-0.2, 0) is 19.8 Å². The molecular weight excluding hydrogens is 324 g/mol. The molecule has 1 aromatic heterocycles. The summed E-state index contributed by atoms with van der Waals surface area (Å²) in [5.74, 6) is 0.958. The van der Waals surface area contributed by atoms with Gasteiger partial charge in [-0.3, -0.25) is 0 Å². The Labute approximate surface area is 136 Å². The van der Waals surface area contributed by atoms with Gasteiger partial charge in [-0.05, 0) is 29.5 Å². The molecule has 0 bridgehead atoms. The van der Waals surface area contributed by atoms with Gasteiger partial charge in [-0.1, -0.05) is 12.1 Å². The summed E-state index contributed by atoms with van der Waals surface area (Å²) in [6, 6.07) is 6.93. The van der Waals surface area contributed by atoms with E-state index in [1.54, 1.807) is 23.9 Å². The third-order valence-corrected chi connectivity index (χ3v) is 4.14. The van der Waals surface area contributed by atoms with Crippen molar-refractivity contribution in [3.05, 3.63) is 56.5 Å². The molecule has 23 heavy (non-hydrogen) atoms. The van der Waals surface area contributed by atoms with Crippen molar-refractivity contribution in [3.63, 3.8) is 0 Å². The minimum Gasteiger partial charge on any atom is -0.478 e. The predicted molar refractivity (Wildman–Crippen MR) is 82.4 cm³/mol. The van der Waals surface area contributed by atoms with E-state index >= 15 is 0 Å². The monoisotopic (exact) mass is 340 g/mol. The Morgan fingerprint density at radius 3 is 2.30 bits per heavy atom. The Morgan fingerprint density at radius 2 is 1.91 bits per heavy atom. The molecule has 2 aromatic rings. The van der Waals surface area contributed by atoms with Crippen LogP contribution in [0.1, 0.15) is 21.7 Å². The SMILES string of the molecule is Cc1n(C)nc(SCc2ccc(C(=O)O)cc2)[n+]1C.O=[N+]([O-])[O-]. The van der Waals surface area contributed by atoms with E-state index in [2.05, 4.69) is 5.10 Å². The number of nitrogens with zero attached hydrogens (tertiary/aromatic N) is 4. The standard InChI is InChI=1S/C13H15N3O2S.NO3/c1-9-15(2)13(14-16(9)3)19-8-10-4-6-11(7-5-10)12(17)18;2-1(3)4/h4-7H,8H2,1-3H3;/q;-1/p+1. The minimum absolute atomic E-state index is 0.313. The Hall–Kier alpha value is -2.62. The number of benzene rings is 1. The molecule has 0 aliphatic rings. The molecule has 9 nitrogen and oxygen atoms in total. The van der Waals surface area contributed by atoms with E-state index in [0.717, 1.165) is 22.3 Å². The van der Waals surface area contributed by atoms with Gasteiger partial charge in [0.2, 0.25) is 5.82 Å². The maximum Gasteiger partial charge on any atom is 0.336 e. The topological polar surface area (TPSA) is 125 Å². The maximum absolute atomic E-state index is 10.8. The molecule has 0 aliphatic heterocycles. The van der Waals surface area contributed by atoms with Gasteiger partial charge < -0.3 is 20.4 Å². The summed E-state index contributed by atoms with van der Waals surface area (Å²) >= 11 is 1.63. The Bertz CT molecular complexity index is 695. The summed E-state index contributed by atoms with van der Waals surface area (Å²) in [6.07, 6.45) is 0. The van der Waals surface area contributed by atoms with Crippen LogP contribution in [0.3, 0.4) is 0 Å². The van der Waals surface area contributed by atoms with Crippen LogP contribution in [0.2, 0.25) is 0 Å². The van der Waals surface area contributed by atoms with E-state index in [9.17, 15) is 4.79 Å². The third-order valence-electron chi connectivity index (χ3n) is 3.05. The van der Waals surface area contributed by atoms with E-state index in [1.807, 2.05) is 42.4 Å². The normalized spacial score (nSPS) is 9.87. The highest BCUT2D eigenvalue weighted by molar-refractivity contribution is 7.98. The number of hydrogen-bond acceptors (Lipinski definition) is 6. The zero-order chi connectivity index (χ0) is 17.6. The second-order valence-electron chi connectivity index (χ2n) is 4.53. The van der Waals surface area contributed by atoms with Crippen LogP contribution < -0.4 is 4.57 Å². The van der Waals surface area contributed by atoms with Gasteiger partial charge in [-0.25, -0.2) is 9.36 Å². The van der Waals surface area contributed by atoms with Gasteiger partial charge >= 0.3 is 11.1 Å². The predicted octanol–water partition coefficient (Wildman–Crippen LogP) is 1.30. The third kappa shape index (κ3) is 5.58. The fraction of sp³-hybridized carbons (Fsp3) is 0.308. The van der Waals surface area contributed by atoms with Crippen LogP contribution in [0.25, 0.3) is 0 Å². The van der Waals surface area contributed by atoms with Crippen LogP contribution >= 0.6 is 11.8 Å². The Balaban J connectivity index is 0.000000593. The fourth-order valence-electron chi connectivity index (χ4n) is 1.64. The molecule has 0 spiro atoms. The second kappa shape index (κ2) is 8.13. The van der Waals surface area contributed by atoms with Crippen molar-refractivity contribution in [2.45, 2.75) is 17.8 Å². The summed E-state index contributed by atoms with van der Waals surface area (Å²) in [5.41, 5.74) is 1.39. The molecule has 0 aliphatic carbocycles. The lowest BCUT2D eigenvalue weighted by molar-refractivity contribution is -0.715. The smallest absolute Gasteiger partial charge is 0.336 e. The maximum atomic E-state index is 10.8. The van der Waals surface area contributed by atoms with Crippen molar-refractivity contribution < 1.29 is 19.6 Å². The van der Waals surface area contributed by atoms with Crippen molar-refractivity contribution in [2.24, 2.45) is 14.1 Å². The minimum atomic E-state index is -1.75. The molecule has 124 valence electrons. The van der Waals surface area contributed by atoms with Crippen LogP contribution in [0.4, 0.5) is 0 Å². The highest BCUT2D eigenvalue weighted by Gasteiger charge is 2.17. The number of aromatic carboxylic acids is 1. The molecular formula is C13H16N4O5S. The lowest BCUT2D eigenvalue weighted by atomic mass is 10.1. The number of aromatic nitrogens is 3. The summed E-state index contributed by atoms with van der Waals surface area (Å²) < 4.78 is 3.88. The zero-order valence-corrected chi connectivity index (χ0v) is 13.6. The van der Waals surface area contributed by atoms with E-state index in [1.165, 1.54) is 0 Å². The molecule has 10 heteroatoms.